The highest BCUT2D eigenvalue weighted by Crippen LogP contribution is 2.31. The van der Waals surface area contributed by atoms with Crippen LogP contribution < -0.4 is 15.4 Å². The van der Waals surface area contributed by atoms with Crippen molar-refractivity contribution in [1.29, 1.82) is 0 Å². The number of nitrogens with one attached hydrogen (secondary N) is 3. The number of imidazole rings is 1. The number of ether oxygens (including phenoxy) is 1. The Hall–Kier alpha value is -3.55. The number of fused-ring (bicyclic) bond motifs is 1. The lowest BCUT2D eigenvalue weighted by atomic mass is 10.3. The van der Waals surface area contributed by atoms with E-state index < -0.39 is 6.09 Å². The second-order valence-corrected chi connectivity index (χ2v) is 6.09. The average molecular weight is 352 g/mol. The van der Waals surface area contributed by atoms with Gasteiger partial charge in [-0.05, 0) is 37.1 Å². The quantitative estimate of drug-likeness (QED) is 0.557. The molecule has 3 aromatic rings. The molecule has 8 nitrogen and oxygen atoms in total. The summed E-state index contributed by atoms with van der Waals surface area (Å²) in [5, 5.41) is 13.8. The molecule has 2 amide bonds. The first-order chi connectivity index (χ1) is 12.6. The first kappa shape index (κ1) is 15.9. The molecule has 132 valence electrons. The molecule has 26 heavy (non-hydrogen) atoms. The lowest BCUT2D eigenvalue weighted by Gasteiger charge is -2.07. The molecule has 2 aromatic carbocycles. The Balaban J connectivity index is 1.51. The van der Waals surface area contributed by atoms with Crippen molar-refractivity contribution in [3.8, 4) is 11.5 Å². The van der Waals surface area contributed by atoms with Crippen LogP contribution >= 0.6 is 0 Å². The fraction of sp³-hybridized carbons (Fsp3) is 0.167. The van der Waals surface area contributed by atoms with Crippen LogP contribution in [0.3, 0.4) is 0 Å². The zero-order valence-corrected chi connectivity index (χ0v) is 13.7. The zero-order chi connectivity index (χ0) is 18.1. The fourth-order valence-electron chi connectivity index (χ4n) is 2.57. The van der Waals surface area contributed by atoms with E-state index in [-0.39, 0.29) is 11.8 Å². The summed E-state index contributed by atoms with van der Waals surface area (Å²) in [4.78, 5) is 29.9. The second kappa shape index (κ2) is 6.40. The molecule has 0 atom stereocenters. The molecule has 1 aromatic heterocycles. The largest absolute Gasteiger partial charge is 0.465 e. The number of nitrogens with zero attached hydrogens (tertiary/aromatic N) is 1. The van der Waals surface area contributed by atoms with Crippen LogP contribution in [0.15, 0.2) is 42.5 Å². The minimum Gasteiger partial charge on any atom is -0.465 e. The molecular formula is C18H16N4O4. The van der Waals surface area contributed by atoms with Crippen LogP contribution in [0.2, 0.25) is 0 Å². The minimum atomic E-state index is -1.14. The van der Waals surface area contributed by atoms with Gasteiger partial charge in [-0.15, -0.1) is 0 Å². The van der Waals surface area contributed by atoms with Gasteiger partial charge in [0.1, 0.15) is 11.5 Å². The summed E-state index contributed by atoms with van der Waals surface area (Å²) in [7, 11) is 0. The van der Waals surface area contributed by atoms with Crippen molar-refractivity contribution in [2.75, 3.05) is 10.6 Å². The number of rotatable bonds is 5. The molecule has 0 saturated heterocycles. The van der Waals surface area contributed by atoms with E-state index in [2.05, 4.69) is 20.6 Å². The van der Waals surface area contributed by atoms with Gasteiger partial charge in [0.25, 0.3) is 0 Å². The third kappa shape index (κ3) is 3.59. The number of aromatic amines is 1. The SMILES string of the molecule is O=C(O)Nc1cccc(Oc2ccc3nc(NC(=O)C4CC4)[nH]c3c2)c1. The van der Waals surface area contributed by atoms with Crippen molar-refractivity contribution < 1.29 is 19.4 Å². The molecule has 4 rings (SSSR count). The van der Waals surface area contributed by atoms with Gasteiger partial charge in [-0.2, -0.15) is 0 Å². The van der Waals surface area contributed by atoms with E-state index in [4.69, 9.17) is 9.84 Å². The Morgan fingerprint density at radius 2 is 1.92 bits per heavy atom. The van der Waals surface area contributed by atoms with Gasteiger partial charge in [0.2, 0.25) is 11.9 Å². The van der Waals surface area contributed by atoms with Crippen molar-refractivity contribution in [2.24, 2.45) is 5.92 Å². The fourth-order valence-corrected chi connectivity index (χ4v) is 2.57. The Kier molecular flexibility index (Phi) is 3.92. The van der Waals surface area contributed by atoms with Gasteiger partial charge >= 0.3 is 6.09 Å². The van der Waals surface area contributed by atoms with E-state index >= 15 is 0 Å². The first-order valence-electron chi connectivity index (χ1n) is 8.15. The average Bonchev–Trinajstić information content (AvgIpc) is 3.36. The van der Waals surface area contributed by atoms with Crippen LogP contribution in [-0.4, -0.2) is 27.1 Å². The van der Waals surface area contributed by atoms with E-state index in [0.717, 1.165) is 18.4 Å². The Morgan fingerprint density at radius 3 is 2.69 bits per heavy atom. The molecule has 0 radical (unpaired) electrons. The summed E-state index contributed by atoms with van der Waals surface area (Å²) in [6.45, 7) is 0. The number of benzene rings is 2. The first-order valence-corrected chi connectivity index (χ1v) is 8.15. The number of aromatic nitrogens is 2. The molecule has 0 spiro atoms. The van der Waals surface area contributed by atoms with Gasteiger partial charge in [-0.3, -0.25) is 15.4 Å². The van der Waals surface area contributed by atoms with Crippen molar-refractivity contribution >= 4 is 34.7 Å². The summed E-state index contributed by atoms with van der Waals surface area (Å²) in [5.41, 5.74) is 1.86. The van der Waals surface area contributed by atoms with Gasteiger partial charge in [0.05, 0.1) is 11.0 Å². The molecule has 1 heterocycles. The van der Waals surface area contributed by atoms with Gasteiger partial charge in [0, 0.05) is 23.7 Å². The standard InChI is InChI=1S/C18H16N4O4/c23-16(10-4-5-10)22-17-20-14-7-6-13(9-15(14)21-17)26-12-3-1-2-11(8-12)19-18(24)25/h1-3,6-10,19H,4-5H2,(H,24,25)(H2,20,21,22,23). The van der Waals surface area contributed by atoms with Crippen LogP contribution in [0, 0.1) is 5.92 Å². The summed E-state index contributed by atoms with van der Waals surface area (Å²) in [6.07, 6.45) is 0.724. The van der Waals surface area contributed by atoms with Crippen LogP contribution in [0.25, 0.3) is 11.0 Å². The Labute approximate surface area is 148 Å². The number of anilines is 2. The topological polar surface area (TPSA) is 116 Å². The van der Waals surface area contributed by atoms with Crippen molar-refractivity contribution in [2.45, 2.75) is 12.8 Å². The van der Waals surface area contributed by atoms with Crippen molar-refractivity contribution in [1.82, 2.24) is 9.97 Å². The second-order valence-electron chi connectivity index (χ2n) is 6.09. The lowest BCUT2D eigenvalue weighted by Crippen LogP contribution is -2.14. The summed E-state index contributed by atoms with van der Waals surface area (Å²) in [6, 6.07) is 12.0. The molecule has 1 fully saturated rings. The number of carbonyl (C=O) groups is 2. The molecule has 1 aliphatic rings. The van der Waals surface area contributed by atoms with Crippen LogP contribution in [0.5, 0.6) is 11.5 Å². The Morgan fingerprint density at radius 1 is 1.12 bits per heavy atom. The third-order valence-corrected chi connectivity index (χ3v) is 3.96. The van der Waals surface area contributed by atoms with Crippen LogP contribution in [-0.2, 0) is 4.79 Å². The molecule has 4 N–H and O–H groups in total. The van der Waals surface area contributed by atoms with Crippen LogP contribution in [0.4, 0.5) is 16.4 Å². The smallest absolute Gasteiger partial charge is 0.409 e. The third-order valence-electron chi connectivity index (χ3n) is 3.96. The van der Waals surface area contributed by atoms with Gasteiger partial charge in [0.15, 0.2) is 0 Å². The van der Waals surface area contributed by atoms with Gasteiger partial charge < -0.3 is 14.8 Å². The predicted molar refractivity (Wildman–Crippen MR) is 95.6 cm³/mol. The van der Waals surface area contributed by atoms with E-state index in [1.165, 1.54) is 0 Å². The monoisotopic (exact) mass is 352 g/mol. The maximum absolute atomic E-state index is 11.8. The normalized spacial score (nSPS) is 13.4. The number of amides is 2. The molecule has 0 unspecified atom stereocenters. The summed E-state index contributed by atoms with van der Waals surface area (Å²) < 4.78 is 5.78. The maximum Gasteiger partial charge on any atom is 0.409 e. The van der Waals surface area contributed by atoms with E-state index in [1.54, 1.807) is 42.5 Å². The van der Waals surface area contributed by atoms with E-state index in [9.17, 15) is 9.59 Å². The maximum atomic E-state index is 11.8. The number of carboxylic acid groups (broad SMARTS) is 1. The van der Waals surface area contributed by atoms with Crippen molar-refractivity contribution in [3.05, 3.63) is 42.5 Å². The number of hydrogen-bond donors (Lipinski definition) is 4. The van der Waals surface area contributed by atoms with Gasteiger partial charge in [-0.25, -0.2) is 9.78 Å². The molecule has 1 saturated carbocycles. The molecule has 1 aliphatic carbocycles. The highest BCUT2D eigenvalue weighted by atomic mass is 16.5. The zero-order valence-electron chi connectivity index (χ0n) is 13.7. The predicted octanol–water partition coefficient (Wildman–Crippen LogP) is 3.79. The minimum absolute atomic E-state index is 0.0109. The van der Waals surface area contributed by atoms with E-state index in [1.807, 2.05) is 0 Å². The molecule has 0 aliphatic heterocycles. The van der Waals surface area contributed by atoms with Crippen LogP contribution in [0.1, 0.15) is 12.8 Å². The highest BCUT2D eigenvalue weighted by Gasteiger charge is 2.30. The van der Waals surface area contributed by atoms with E-state index in [0.29, 0.717) is 28.7 Å². The number of hydrogen-bond acceptors (Lipinski definition) is 4. The number of H-pyrrole nitrogens is 1. The molecule has 8 heteroatoms. The highest BCUT2D eigenvalue weighted by molar-refractivity contribution is 5.94. The summed E-state index contributed by atoms with van der Waals surface area (Å²) >= 11 is 0. The molecule has 0 bridgehead atoms. The Bertz CT molecular complexity index is 994. The van der Waals surface area contributed by atoms with Crippen molar-refractivity contribution in [3.63, 3.8) is 0 Å². The lowest BCUT2D eigenvalue weighted by molar-refractivity contribution is -0.117. The summed E-state index contributed by atoms with van der Waals surface area (Å²) in [5.74, 6) is 1.57. The molecular weight excluding hydrogens is 336 g/mol. The number of carbonyl (C=O) groups excluding carboxylic acids is 1. The van der Waals surface area contributed by atoms with Gasteiger partial charge in [-0.1, -0.05) is 6.07 Å².